The van der Waals surface area contributed by atoms with Crippen molar-refractivity contribution in [3.05, 3.63) is 59.7 Å². The Hall–Kier alpha value is -2.63. The largest absolute Gasteiger partial charge is 0.508 e. The van der Waals surface area contributed by atoms with Crippen molar-refractivity contribution in [1.82, 2.24) is 5.32 Å². The van der Waals surface area contributed by atoms with Gasteiger partial charge in [0.05, 0.1) is 6.42 Å². The number of nitrogens with one attached hydrogen (secondary N) is 1. The molecule has 0 bridgehead atoms. The van der Waals surface area contributed by atoms with Crippen LogP contribution in [-0.2, 0) is 11.2 Å². The number of phenolic OH excluding ortho intramolecular Hbond substituents is 1. The van der Waals surface area contributed by atoms with E-state index in [1.54, 1.807) is 23.1 Å². The van der Waals surface area contributed by atoms with Crippen LogP contribution in [0.4, 0.5) is 14.5 Å². The molecule has 1 aliphatic heterocycles. The molecule has 1 saturated heterocycles. The third-order valence-corrected chi connectivity index (χ3v) is 4.15. The summed E-state index contributed by atoms with van der Waals surface area (Å²) >= 11 is 0. The summed E-state index contributed by atoms with van der Waals surface area (Å²) in [4.78, 5) is 13.7. The monoisotopic (exact) mass is 332 g/mol. The van der Waals surface area contributed by atoms with Gasteiger partial charge in [-0.1, -0.05) is 24.3 Å². The van der Waals surface area contributed by atoms with Crippen LogP contribution in [0.2, 0.25) is 0 Å². The van der Waals surface area contributed by atoms with E-state index in [4.69, 9.17) is 0 Å². The fourth-order valence-corrected chi connectivity index (χ4v) is 2.98. The number of halogens is 2. The zero-order valence-electron chi connectivity index (χ0n) is 13.0. The standard InChI is InChI=1S/C18H18F2N2O2/c19-14-5-3-6-15(20)18(14)22-9-8-13(11-22)21-17(24)10-12-4-1-2-7-16(12)23/h1-7,13,23H,8-11H2,(H,21,24). The van der Waals surface area contributed by atoms with Crippen molar-refractivity contribution in [1.29, 1.82) is 0 Å². The summed E-state index contributed by atoms with van der Waals surface area (Å²) in [6.45, 7) is 0.823. The van der Waals surface area contributed by atoms with Gasteiger partial charge in [0.25, 0.3) is 0 Å². The maximum atomic E-state index is 13.8. The number of phenols is 1. The summed E-state index contributed by atoms with van der Waals surface area (Å²) < 4.78 is 27.7. The Morgan fingerprint density at radius 2 is 1.88 bits per heavy atom. The third-order valence-electron chi connectivity index (χ3n) is 4.15. The molecule has 24 heavy (non-hydrogen) atoms. The minimum absolute atomic E-state index is 0.0463. The molecule has 0 spiro atoms. The van der Waals surface area contributed by atoms with Crippen molar-refractivity contribution >= 4 is 11.6 Å². The molecule has 1 amide bonds. The van der Waals surface area contributed by atoms with Gasteiger partial charge in [-0.05, 0) is 24.6 Å². The Labute approximate surface area is 138 Å². The van der Waals surface area contributed by atoms with E-state index < -0.39 is 11.6 Å². The van der Waals surface area contributed by atoms with Crippen molar-refractivity contribution in [3.8, 4) is 5.75 Å². The number of aromatic hydroxyl groups is 1. The highest BCUT2D eigenvalue weighted by Crippen LogP contribution is 2.26. The number of carbonyl (C=O) groups excluding carboxylic acids is 1. The molecule has 2 N–H and O–H groups in total. The van der Waals surface area contributed by atoms with E-state index in [-0.39, 0.29) is 29.8 Å². The Morgan fingerprint density at radius 3 is 2.58 bits per heavy atom. The van der Waals surface area contributed by atoms with Gasteiger partial charge >= 0.3 is 0 Å². The Bertz CT molecular complexity index is 731. The van der Waals surface area contributed by atoms with Gasteiger partial charge in [0.2, 0.25) is 5.91 Å². The van der Waals surface area contributed by atoms with Crippen LogP contribution in [-0.4, -0.2) is 30.1 Å². The summed E-state index contributed by atoms with van der Waals surface area (Å²) in [5.74, 6) is -1.35. The van der Waals surface area contributed by atoms with Gasteiger partial charge in [-0.15, -0.1) is 0 Å². The lowest BCUT2D eigenvalue weighted by molar-refractivity contribution is -0.121. The summed E-state index contributed by atoms with van der Waals surface area (Å²) in [6, 6.07) is 10.3. The summed E-state index contributed by atoms with van der Waals surface area (Å²) in [7, 11) is 0. The lowest BCUT2D eigenvalue weighted by atomic mass is 10.1. The number of amides is 1. The maximum absolute atomic E-state index is 13.8. The van der Waals surface area contributed by atoms with Gasteiger partial charge < -0.3 is 15.3 Å². The molecule has 1 heterocycles. The lowest BCUT2D eigenvalue weighted by Gasteiger charge is -2.20. The van der Waals surface area contributed by atoms with Crippen LogP contribution in [0.25, 0.3) is 0 Å². The third kappa shape index (κ3) is 3.48. The first-order valence-corrected chi connectivity index (χ1v) is 7.80. The molecule has 0 radical (unpaired) electrons. The lowest BCUT2D eigenvalue weighted by Crippen LogP contribution is -2.38. The molecule has 2 aromatic carbocycles. The zero-order valence-corrected chi connectivity index (χ0v) is 13.0. The second kappa shape index (κ2) is 6.86. The average Bonchev–Trinajstić information content (AvgIpc) is 2.97. The maximum Gasteiger partial charge on any atom is 0.224 e. The Morgan fingerprint density at radius 1 is 1.17 bits per heavy atom. The van der Waals surface area contributed by atoms with Crippen LogP contribution < -0.4 is 10.2 Å². The predicted octanol–water partition coefficient (Wildman–Crippen LogP) is 2.61. The molecule has 3 rings (SSSR count). The van der Waals surface area contributed by atoms with Gasteiger partial charge in [-0.25, -0.2) is 8.78 Å². The number of hydrogen-bond donors (Lipinski definition) is 2. The minimum atomic E-state index is -0.601. The number of anilines is 1. The fourth-order valence-electron chi connectivity index (χ4n) is 2.98. The molecule has 4 nitrogen and oxygen atoms in total. The van der Waals surface area contributed by atoms with Gasteiger partial charge in [0, 0.05) is 24.7 Å². The molecule has 1 fully saturated rings. The van der Waals surface area contributed by atoms with Crippen molar-refractivity contribution in [2.24, 2.45) is 0 Å². The Kier molecular flexibility index (Phi) is 4.64. The zero-order chi connectivity index (χ0) is 17.1. The minimum Gasteiger partial charge on any atom is -0.508 e. The molecular formula is C18H18F2N2O2. The number of carbonyl (C=O) groups is 1. The fraction of sp³-hybridized carbons (Fsp3) is 0.278. The second-order valence-corrected chi connectivity index (χ2v) is 5.87. The molecular weight excluding hydrogens is 314 g/mol. The number of hydrogen-bond acceptors (Lipinski definition) is 3. The first kappa shape index (κ1) is 16.2. The average molecular weight is 332 g/mol. The predicted molar refractivity (Wildman–Crippen MR) is 86.9 cm³/mol. The van der Waals surface area contributed by atoms with E-state index in [9.17, 15) is 18.7 Å². The van der Waals surface area contributed by atoms with Gasteiger partial charge in [0.1, 0.15) is 23.1 Å². The van der Waals surface area contributed by atoms with E-state index in [1.807, 2.05) is 0 Å². The van der Waals surface area contributed by atoms with Crippen LogP contribution >= 0.6 is 0 Å². The summed E-state index contributed by atoms with van der Waals surface area (Å²) in [6.07, 6.45) is 0.678. The molecule has 0 aliphatic carbocycles. The Balaban J connectivity index is 1.60. The van der Waals surface area contributed by atoms with E-state index in [1.165, 1.54) is 24.3 Å². The van der Waals surface area contributed by atoms with Gasteiger partial charge in [-0.2, -0.15) is 0 Å². The van der Waals surface area contributed by atoms with E-state index in [0.717, 1.165) is 0 Å². The van der Waals surface area contributed by atoms with E-state index >= 15 is 0 Å². The molecule has 1 unspecified atom stereocenters. The second-order valence-electron chi connectivity index (χ2n) is 5.87. The topological polar surface area (TPSA) is 52.6 Å². The number of nitrogens with zero attached hydrogens (tertiary/aromatic N) is 1. The van der Waals surface area contributed by atoms with Gasteiger partial charge in [0.15, 0.2) is 0 Å². The first-order chi connectivity index (χ1) is 11.5. The van der Waals surface area contributed by atoms with Crippen LogP contribution in [0.3, 0.4) is 0 Å². The summed E-state index contributed by atoms with van der Waals surface area (Å²) in [5, 5.41) is 12.6. The van der Waals surface area contributed by atoms with E-state index in [0.29, 0.717) is 25.1 Å². The molecule has 0 aromatic heterocycles. The van der Waals surface area contributed by atoms with Crippen LogP contribution in [0.5, 0.6) is 5.75 Å². The van der Waals surface area contributed by atoms with Gasteiger partial charge in [-0.3, -0.25) is 4.79 Å². The molecule has 126 valence electrons. The van der Waals surface area contributed by atoms with Crippen molar-refractivity contribution in [2.45, 2.75) is 18.9 Å². The van der Waals surface area contributed by atoms with Crippen molar-refractivity contribution in [3.63, 3.8) is 0 Å². The molecule has 1 aliphatic rings. The van der Waals surface area contributed by atoms with Crippen molar-refractivity contribution in [2.75, 3.05) is 18.0 Å². The highest BCUT2D eigenvalue weighted by atomic mass is 19.1. The molecule has 0 saturated carbocycles. The van der Waals surface area contributed by atoms with Crippen LogP contribution in [0, 0.1) is 11.6 Å². The molecule has 2 aromatic rings. The van der Waals surface area contributed by atoms with Crippen LogP contribution in [0.1, 0.15) is 12.0 Å². The number of benzene rings is 2. The highest BCUT2D eigenvalue weighted by molar-refractivity contribution is 5.79. The SMILES string of the molecule is O=C(Cc1ccccc1O)NC1CCN(c2c(F)cccc2F)C1. The normalized spacial score (nSPS) is 17.1. The molecule has 1 atom stereocenters. The highest BCUT2D eigenvalue weighted by Gasteiger charge is 2.27. The summed E-state index contributed by atoms with van der Waals surface area (Å²) in [5.41, 5.74) is 0.500. The number of para-hydroxylation sites is 2. The van der Waals surface area contributed by atoms with Crippen LogP contribution in [0.15, 0.2) is 42.5 Å². The van der Waals surface area contributed by atoms with E-state index in [2.05, 4.69) is 5.32 Å². The smallest absolute Gasteiger partial charge is 0.224 e. The number of rotatable bonds is 4. The quantitative estimate of drug-likeness (QED) is 0.905. The van der Waals surface area contributed by atoms with Crippen molar-refractivity contribution < 1.29 is 18.7 Å². The first-order valence-electron chi connectivity index (χ1n) is 7.80. The molecule has 6 heteroatoms.